The zero-order chi connectivity index (χ0) is 9.52. The van der Waals surface area contributed by atoms with Crippen LogP contribution in [0.5, 0.6) is 0 Å². The second-order valence-electron chi connectivity index (χ2n) is 2.61. The normalized spacial score (nSPS) is 9.23. The summed E-state index contributed by atoms with van der Waals surface area (Å²) in [6.45, 7) is 0.842. The van der Waals surface area contributed by atoms with Crippen LogP contribution in [0.3, 0.4) is 0 Å². The van der Waals surface area contributed by atoms with Gasteiger partial charge in [-0.1, -0.05) is 6.07 Å². The van der Waals surface area contributed by atoms with Crippen LogP contribution in [-0.4, -0.2) is 12.8 Å². The van der Waals surface area contributed by atoms with E-state index < -0.39 is 0 Å². The molecule has 0 saturated heterocycles. The molecule has 0 saturated carbocycles. The van der Waals surface area contributed by atoms with E-state index >= 15 is 0 Å². The monoisotopic (exact) mass is 191 g/mol. The molecule has 0 unspecified atom stereocenters. The number of rotatable bonds is 4. The predicted molar refractivity (Wildman–Crippen MR) is 60.2 cm³/mol. The lowest BCUT2D eigenvalue weighted by molar-refractivity contribution is 1.10. The van der Waals surface area contributed by atoms with Gasteiger partial charge in [0.05, 0.1) is 0 Å². The highest BCUT2D eigenvalue weighted by Crippen LogP contribution is 2.18. The van der Waals surface area contributed by atoms with Gasteiger partial charge in [-0.2, -0.15) is 0 Å². The van der Waals surface area contributed by atoms with Gasteiger partial charge in [0.2, 0.25) is 0 Å². The van der Waals surface area contributed by atoms with Gasteiger partial charge >= 0.3 is 0 Å². The summed E-state index contributed by atoms with van der Waals surface area (Å²) in [5, 5.41) is 3.26. The van der Waals surface area contributed by atoms with Crippen molar-refractivity contribution in [3.63, 3.8) is 0 Å². The van der Waals surface area contributed by atoms with Crippen LogP contribution in [-0.2, 0) is 0 Å². The lowest BCUT2D eigenvalue weighted by Crippen LogP contribution is -1.99. The molecule has 0 bridgehead atoms. The van der Waals surface area contributed by atoms with Gasteiger partial charge in [-0.3, -0.25) is 0 Å². The molecule has 1 aromatic rings. The Balaban J connectivity index is 2.52. The molecule has 0 fully saturated rings. The Morgan fingerprint density at radius 3 is 3.08 bits per heavy atom. The first-order valence-corrected chi connectivity index (χ1v) is 5.40. The summed E-state index contributed by atoms with van der Waals surface area (Å²) in [6.07, 6.45) is 7.99. The summed E-state index contributed by atoms with van der Waals surface area (Å²) in [7, 11) is 0. The lowest BCUT2D eigenvalue weighted by atomic mass is 10.3. The number of hydrogen-bond acceptors (Lipinski definition) is 2. The highest BCUT2D eigenvalue weighted by atomic mass is 32.2. The van der Waals surface area contributed by atoms with E-state index in [0.29, 0.717) is 0 Å². The van der Waals surface area contributed by atoms with E-state index in [1.807, 2.05) is 6.07 Å². The Labute approximate surface area is 83.9 Å². The van der Waals surface area contributed by atoms with Crippen molar-refractivity contribution in [2.75, 3.05) is 18.1 Å². The second kappa shape index (κ2) is 5.55. The van der Waals surface area contributed by atoms with Crippen molar-refractivity contribution >= 4 is 17.4 Å². The minimum absolute atomic E-state index is 0.767. The van der Waals surface area contributed by atoms with Gasteiger partial charge in [-0.25, -0.2) is 0 Å². The molecule has 0 atom stereocenters. The van der Waals surface area contributed by atoms with Crippen LogP contribution in [0, 0.1) is 12.3 Å². The predicted octanol–water partition coefficient (Wildman–Crippen LogP) is 2.84. The minimum atomic E-state index is 0.767. The van der Waals surface area contributed by atoms with Crippen molar-refractivity contribution in [3.8, 4) is 12.3 Å². The topological polar surface area (TPSA) is 12.0 Å². The summed E-state index contributed by atoms with van der Waals surface area (Å²) in [6, 6.07) is 8.32. The van der Waals surface area contributed by atoms with Crippen LogP contribution in [0.1, 0.15) is 6.42 Å². The van der Waals surface area contributed by atoms with Gasteiger partial charge in [0, 0.05) is 23.5 Å². The molecule has 1 rings (SSSR count). The molecule has 0 aliphatic heterocycles. The Bertz CT molecular complexity index is 301. The molecule has 68 valence electrons. The summed E-state index contributed by atoms with van der Waals surface area (Å²) >= 11 is 1.74. The molecule has 0 aromatic heterocycles. The first-order valence-electron chi connectivity index (χ1n) is 4.18. The van der Waals surface area contributed by atoms with Gasteiger partial charge in [0.1, 0.15) is 0 Å². The van der Waals surface area contributed by atoms with Crippen molar-refractivity contribution in [3.05, 3.63) is 24.3 Å². The van der Waals surface area contributed by atoms with E-state index in [9.17, 15) is 0 Å². The van der Waals surface area contributed by atoms with Crippen molar-refractivity contribution < 1.29 is 0 Å². The number of nitrogens with one attached hydrogen (secondary N) is 1. The summed E-state index contributed by atoms with van der Waals surface area (Å²) < 4.78 is 0. The van der Waals surface area contributed by atoms with Gasteiger partial charge in [-0.15, -0.1) is 24.1 Å². The highest BCUT2D eigenvalue weighted by Gasteiger charge is 1.92. The average Bonchev–Trinajstić information content (AvgIpc) is 2.19. The molecule has 0 radical (unpaired) electrons. The van der Waals surface area contributed by atoms with Crippen LogP contribution >= 0.6 is 11.8 Å². The molecular formula is C11H13NS. The molecule has 1 nitrogen and oxygen atoms in total. The average molecular weight is 191 g/mol. The van der Waals surface area contributed by atoms with E-state index in [4.69, 9.17) is 6.42 Å². The third kappa shape index (κ3) is 3.43. The highest BCUT2D eigenvalue weighted by molar-refractivity contribution is 7.98. The summed E-state index contributed by atoms with van der Waals surface area (Å²) in [5.74, 6) is 2.60. The van der Waals surface area contributed by atoms with Gasteiger partial charge in [0.25, 0.3) is 0 Å². The molecule has 0 aliphatic rings. The first-order chi connectivity index (χ1) is 6.36. The number of benzene rings is 1. The number of terminal acetylenes is 1. The van der Waals surface area contributed by atoms with E-state index in [1.165, 1.54) is 4.90 Å². The molecule has 13 heavy (non-hydrogen) atoms. The first kappa shape index (κ1) is 10.0. The third-order valence-corrected chi connectivity index (χ3v) is 2.39. The van der Waals surface area contributed by atoms with Crippen LogP contribution in [0.25, 0.3) is 0 Å². The van der Waals surface area contributed by atoms with Crippen molar-refractivity contribution in [2.24, 2.45) is 0 Å². The Kier molecular flexibility index (Phi) is 4.28. The van der Waals surface area contributed by atoms with Crippen LogP contribution in [0.2, 0.25) is 0 Å². The fraction of sp³-hybridized carbons (Fsp3) is 0.273. The van der Waals surface area contributed by atoms with Crippen LogP contribution < -0.4 is 5.32 Å². The number of anilines is 1. The van der Waals surface area contributed by atoms with E-state index in [2.05, 4.69) is 35.7 Å². The van der Waals surface area contributed by atoms with Gasteiger partial charge in [0.15, 0.2) is 0 Å². The third-order valence-electron chi connectivity index (χ3n) is 1.67. The largest absolute Gasteiger partial charge is 0.384 e. The van der Waals surface area contributed by atoms with Crippen LogP contribution in [0.4, 0.5) is 5.69 Å². The standard InChI is InChI=1S/C11H13NS/c1-3-4-8-12-10-6-5-7-11(9-10)13-2/h1,5-7,9,12H,4,8H2,2H3. The fourth-order valence-corrected chi connectivity index (χ4v) is 1.47. The Morgan fingerprint density at radius 1 is 1.54 bits per heavy atom. The Hall–Kier alpha value is -1.07. The second-order valence-corrected chi connectivity index (χ2v) is 3.49. The van der Waals surface area contributed by atoms with Gasteiger partial charge < -0.3 is 5.32 Å². The molecule has 0 spiro atoms. The van der Waals surface area contributed by atoms with Crippen molar-refractivity contribution in [1.29, 1.82) is 0 Å². The fourth-order valence-electron chi connectivity index (χ4n) is 1.01. The zero-order valence-corrected chi connectivity index (χ0v) is 8.53. The molecule has 0 aliphatic carbocycles. The maximum absolute atomic E-state index is 5.15. The maximum Gasteiger partial charge on any atom is 0.0351 e. The van der Waals surface area contributed by atoms with E-state index in [1.54, 1.807) is 11.8 Å². The zero-order valence-electron chi connectivity index (χ0n) is 7.71. The van der Waals surface area contributed by atoms with E-state index in [0.717, 1.165) is 18.7 Å². The number of hydrogen-bond donors (Lipinski definition) is 1. The molecular weight excluding hydrogens is 178 g/mol. The van der Waals surface area contributed by atoms with Crippen molar-refractivity contribution in [2.45, 2.75) is 11.3 Å². The molecule has 2 heteroatoms. The van der Waals surface area contributed by atoms with Gasteiger partial charge in [-0.05, 0) is 24.5 Å². The lowest BCUT2D eigenvalue weighted by Gasteiger charge is -2.04. The summed E-state index contributed by atoms with van der Waals surface area (Å²) in [5.41, 5.74) is 1.14. The SMILES string of the molecule is C#CCCNc1cccc(SC)c1. The molecule has 1 aromatic carbocycles. The minimum Gasteiger partial charge on any atom is -0.384 e. The van der Waals surface area contributed by atoms with Crippen LogP contribution in [0.15, 0.2) is 29.2 Å². The Morgan fingerprint density at radius 2 is 2.38 bits per heavy atom. The maximum atomic E-state index is 5.15. The summed E-state index contributed by atoms with van der Waals surface area (Å²) in [4.78, 5) is 1.27. The smallest absolute Gasteiger partial charge is 0.0351 e. The molecule has 1 N–H and O–H groups in total. The molecule has 0 heterocycles. The number of thioether (sulfide) groups is 1. The van der Waals surface area contributed by atoms with Crippen molar-refractivity contribution in [1.82, 2.24) is 0 Å². The molecule has 0 amide bonds. The van der Waals surface area contributed by atoms with E-state index in [-0.39, 0.29) is 0 Å². The quantitative estimate of drug-likeness (QED) is 0.446.